The van der Waals surface area contributed by atoms with E-state index < -0.39 is 15.1 Å². The number of nitrogens with one attached hydrogen (secondary N) is 1. The predicted molar refractivity (Wildman–Crippen MR) is 58.4 cm³/mol. The summed E-state index contributed by atoms with van der Waals surface area (Å²) < 4.78 is 61.7. The number of terminal acetylenes is 1. The standard InChI is InChI=1S/C10H10F5NS/c1-2-7-16-8-9-3-5-10(6-4-9)17(11,12,13,14)15/h1,3-6,16H,7-8H2. The van der Waals surface area contributed by atoms with Gasteiger partial charge in [-0.3, -0.25) is 0 Å². The van der Waals surface area contributed by atoms with Crippen LogP contribution >= 0.6 is 10.2 Å². The lowest BCUT2D eigenvalue weighted by Gasteiger charge is -2.40. The molecule has 96 valence electrons. The Morgan fingerprint density at radius 2 is 1.59 bits per heavy atom. The minimum atomic E-state index is -9.55. The van der Waals surface area contributed by atoms with Gasteiger partial charge in [-0.1, -0.05) is 37.5 Å². The Morgan fingerprint density at radius 3 is 2.00 bits per heavy atom. The third-order valence-corrected chi connectivity index (χ3v) is 3.09. The molecular formula is C10H10F5NS. The van der Waals surface area contributed by atoms with Crippen LogP contribution < -0.4 is 5.32 Å². The lowest BCUT2D eigenvalue weighted by Crippen LogP contribution is -2.13. The van der Waals surface area contributed by atoms with Crippen LogP contribution in [0.15, 0.2) is 29.2 Å². The first kappa shape index (κ1) is 13.8. The molecule has 0 amide bonds. The van der Waals surface area contributed by atoms with E-state index in [1.54, 1.807) is 0 Å². The molecule has 1 rings (SSSR count). The second-order valence-electron chi connectivity index (χ2n) is 3.42. The minimum Gasteiger partial charge on any atom is -0.302 e. The molecule has 0 spiro atoms. The average Bonchev–Trinajstić information content (AvgIpc) is 2.15. The van der Waals surface area contributed by atoms with Gasteiger partial charge in [0.05, 0.1) is 6.54 Å². The smallest absolute Gasteiger partial charge is 0.302 e. The molecule has 0 aliphatic heterocycles. The number of hydrogen-bond acceptors (Lipinski definition) is 1. The Bertz CT molecular complexity index is 442. The van der Waals surface area contributed by atoms with Crippen molar-refractivity contribution in [2.75, 3.05) is 6.54 Å². The molecular weight excluding hydrogens is 261 g/mol. The van der Waals surface area contributed by atoms with E-state index in [4.69, 9.17) is 6.42 Å². The maximum absolute atomic E-state index is 12.3. The molecule has 0 unspecified atom stereocenters. The summed E-state index contributed by atoms with van der Waals surface area (Å²) in [5.74, 6) is 2.28. The van der Waals surface area contributed by atoms with Crippen molar-refractivity contribution < 1.29 is 19.4 Å². The third-order valence-electron chi connectivity index (χ3n) is 1.92. The fraction of sp³-hybridized carbons (Fsp3) is 0.200. The highest BCUT2D eigenvalue weighted by molar-refractivity contribution is 8.45. The summed E-state index contributed by atoms with van der Waals surface area (Å²) in [5, 5.41) is 2.73. The Morgan fingerprint density at radius 1 is 1.06 bits per heavy atom. The zero-order valence-corrected chi connectivity index (χ0v) is 9.42. The lowest BCUT2D eigenvalue weighted by molar-refractivity contribution is 0.364. The maximum atomic E-state index is 12.3. The van der Waals surface area contributed by atoms with Crippen molar-refractivity contribution in [2.45, 2.75) is 11.4 Å². The van der Waals surface area contributed by atoms with Crippen LogP contribution in [0.5, 0.6) is 0 Å². The van der Waals surface area contributed by atoms with Gasteiger partial charge in [-0.2, -0.15) is 0 Å². The SMILES string of the molecule is C#CCNCc1ccc(S(F)(F)(F)(F)F)cc1. The van der Waals surface area contributed by atoms with Crippen LogP contribution in [0.4, 0.5) is 19.4 Å². The third kappa shape index (κ3) is 4.24. The predicted octanol–water partition coefficient (Wildman–Crippen LogP) is 4.07. The molecule has 1 aromatic carbocycles. The Labute approximate surface area is 95.7 Å². The monoisotopic (exact) mass is 271 g/mol. The molecule has 0 aliphatic carbocycles. The molecule has 0 aromatic heterocycles. The highest BCUT2D eigenvalue weighted by atomic mass is 32.5. The van der Waals surface area contributed by atoms with Crippen molar-refractivity contribution in [1.82, 2.24) is 5.32 Å². The normalized spacial score (nSPS) is 15.8. The molecule has 0 fully saturated rings. The fourth-order valence-corrected chi connectivity index (χ4v) is 1.79. The molecule has 1 aromatic rings. The Balaban J connectivity index is 2.88. The van der Waals surface area contributed by atoms with Crippen LogP contribution in [0.3, 0.4) is 0 Å². The van der Waals surface area contributed by atoms with Crippen LogP contribution in [0.25, 0.3) is 0 Å². The van der Waals surface area contributed by atoms with E-state index in [2.05, 4.69) is 11.2 Å². The lowest BCUT2D eigenvalue weighted by atomic mass is 10.2. The average molecular weight is 271 g/mol. The quantitative estimate of drug-likeness (QED) is 0.494. The zero-order valence-electron chi connectivity index (χ0n) is 8.60. The van der Waals surface area contributed by atoms with Crippen LogP contribution in [-0.2, 0) is 6.54 Å². The molecule has 0 atom stereocenters. The molecule has 0 bridgehead atoms. The van der Waals surface area contributed by atoms with Gasteiger partial charge in [-0.15, -0.1) is 6.42 Å². The van der Waals surface area contributed by atoms with E-state index in [9.17, 15) is 19.4 Å². The summed E-state index contributed by atoms with van der Waals surface area (Å²) in [6.07, 6.45) is 4.95. The van der Waals surface area contributed by atoms with Crippen molar-refractivity contribution in [3.63, 3.8) is 0 Å². The summed E-state index contributed by atoms with van der Waals surface area (Å²) in [6.45, 7) is 0.480. The van der Waals surface area contributed by atoms with Crippen molar-refractivity contribution in [3.8, 4) is 12.3 Å². The number of rotatable bonds is 4. The van der Waals surface area contributed by atoms with Gasteiger partial charge < -0.3 is 5.32 Å². The minimum absolute atomic E-state index is 0.227. The molecule has 0 saturated heterocycles. The second kappa shape index (κ2) is 3.62. The molecule has 1 nitrogen and oxygen atoms in total. The van der Waals surface area contributed by atoms with E-state index in [1.165, 1.54) is 0 Å². The molecule has 17 heavy (non-hydrogen) atoms. The molecule has 0 radical (unpaired) electrons. The van der Waals surface area contributed by atoms with E-state index in [0.717, 1.165) is 12.1 Å². The van der Waals surface area contributed by atoms with E-state index in [0.29, 0.717) is 17.7 Å². The van der Waals surface area contributed by atoms with E-state index in [1.807, 2.05) is 0 Å². The Kier molecular flexibility index (Phi) is 2.94. The largest absolute Gasteiger partial charge is 0.310 e. The first-order chi connectivity index (χ1) is 7.53. The number of benzene rings is 1. The zero-order chi connectivity index (χ0) is 13.2. The van der Waals surface area contributed by atoms with Gasteiger partial charge >= 0.3 is 10.2 Å². The van der Waals surface area contributed by atoms with Crippen LogP contribution in [-0.4, -0.2) is 6.54 Å². The number of hydrogen-bond donors (Lipinski definition) is 1. The molecule has 0 saturated carbocycles. The van der Waals surface area contributed by atoms with Crippen molar-refractivity contribution in [1.29, 1.82) is 0 Å². The Hall–Kier alpha value is -1.26. The van der Waals surface area contributed by atoms with Crippen LogP contribution in [0, 0.1) is 12.3 Å². The van der Waals surface area contributed by atoms with Gasteiger partial charge in [0.15, 0.2) is 0 Å². The van der Waals surface area contributed by atoms with Gasteiger partial charge in [0.1, 0.15) is 4.90 Å². The summed E-state index contributed by atoms with van der Waals surface area (Å²) in [6, 6.07) is 2.76. The van der Waals surface area contributed by atoms with Gasteiger partial charge in [0.2, 0.25) is 0 Å². The summed E-state index contributed by atoms with van der Waals surface area (Å²) in [7, 11) is -9.55. The van der Waals surface area contributed by atoms with E-state index in [-0.39, 0.29) is 13.1 Å². The first-order valence-electron chi connectivity index (χ1n) is 4.50. The first-order valence-corrected chi connectivity index (χ1v) is 6.45. The fourth-order valence-electron chi connectivity index (χ4n) is 1.14. The second-order valence-corrected chi connectivity index (χ2v) is 5.83. The summed E-state index contributed by atoms with van der Waals surface area (Å²) in [5.41, 5.74) is 0.450. The van der Waals surface area contributed by atoms with Gasteiger partial charge in [-0.25, -0.2) is 0 Å². The van der Waals surface area contributed by atoms with Gasteiger partial charge in [0.25, 0.3) is 0 Å². The highest BCUT2D eigenvalue weighted by Gasteiger charge is 2.65. The van der Waals surface area contributed by atoms with Crippen LogP contribution in [0.1, 0.15) is 5.56 Å². The highest BCUT2D eigenvalue weighted by Crippen LogP contribution is 3.02. The van der Waals surface area contributed by atoms with Crippen molar-refractivity contribution >= 4 is 10.2 Å². The molecule has 0 heterocycles. The molecule has 7 heteroatoms. The van der Waals surface area contributed by atoms with Crippen LogP contribution in [0.2, 0.25) is 0 Å². The molecule has 1 N–H and O–H groups in total. The van der Waals surface area contributed by atoms with Gasteiger partial charge in [0, 0.05) is 6.54 Å². The van der Waals surface area contributed by atoms with Crippen molar-refractivity contribution in [2.24, 2.45) is 0 Å². The van der Waals surface area contributed by atoms with Crippen molar-refractivity contribution in [3.05, 3.63) is 29.8 Å². The topological polar surface area (TPSA) is 12.0 Å². The maximum Gasteiger partial charge on any atom is 0.310 e. The number of halogens is 5. The summed E-state index contributed by atoms with van der Waals surface area (Å²) >= 11 is 0. The van der Waals surface area contributed by atoms with Gasteiger partial charge in [-0.05, 0) is 17.7 Å². The van der Waals surface area contributed by atoms with E-state index >= 15 is 0 Å². The molecule has 0 aliphatic rings. The summed E-state index contributed by atoms with van der Waals surface area (Å²) in [4.78, 5) is -1.88.